The molecule has 1 aliphatic rings. The second-order valence-electron chi connectivity index (χ2n) is 5.02. The average Bonchev–Trinajstić information content (AvgIpc) is 3.02. The lowest BCUT2D eigenvalue weighted by atomic mass is 10.1. The second-order valence-corrected chi connectivity index (χ2v) is 6.07. The van der Waals surface area contributed by atoms with E-state index in [0.717, 1.165) is 12.4 Å². The van der Waals surface area contributed by atoms with Crippen molar-refractivity contribution in [2.24, 2.45) is 4.99 Å². The van der Waals surface area contributed by atoms with Crippen LogP contribution in [0.4, 0.5) is 0 Å². The molecule has 94 valence electrons. The lowest BCUT2D eigenvalue weighted by Crippen LogP contribution is -2.27. The molecule has 0 saturated carbocycles. The Morgan fingerprint density at radius 2 is 1.95 bits per heavy atom. The van der Waals surface area contributed by atoms with Crippen molar-refractivity contribution in [1.29, 1.82) is 0 Å². The number of rotatable bonds is 1. The molecule has 0 saturated heterocycles. The molecule has 0 aliphatic carbocycles. The van der Waals surface area contributed by atoms with Gasteiger partial charge in [-0.05, 0) is 19.1 Å². The van der Waals surface area contributed by atoms with Crippen molar-refractivity contribution in [1.82, 2.24) is 5.32 Å². The smallest absolute Gasteiger partial charge is 0.130 e. The SMILES string of the molecule is CC1CN=C(c2cccc3c2sc2ccccc23)N1. The first kappa shape index (κ1) is 11.0. The molecule has 0 spiro atoms. The van der Waals surface area contributed by atoms with Gasteiger partial charge < -0.3 is 5.32 Å². The molecule has 2 aromatic carbocycles. The highest BCUT2D eigenvalue weighted by atomic mass is 32.1. The van der Waals surface area contributed by atoms with E-state index in [1.165, 1.54) is 25.7 Å². The minimum Gasteiger partial charge on any atom is -0.366 e. The molecule has 1 unspecified atom stereocenters. The Morgan fingerprint density at radius 1 is 1.11 bits per heavy atom. The molecule has 3 heteroatoms. The number of hydrogen-bond acceptors (Lipinski definition) is 3. The van der Waals surface area contributed by atoms with E-state index in [0.29, 0.717) is 6.04 Å². The molecular formula is C16H14N2S. The molecule has 3 aromatic rings. The number of benzene rings is 2. The van der Waals surface area contributed by atoms with E-state index in [2.05, 4.69) is 59.7 Å². The third kappa shape index (κ3) is 1.65. The van der Waals surface area contributed by atoms with Gasteiger partial charge in [-0.2, -0.15) is 0 Å². The summed E-state index contributed by atoms with van der Waals surface area (Å²) in [6, 6.07) is 15.5. The van der Waals surface area contributed by atoms with Gasteiger partial charge in [-0.3, -0.25) is 4.99 Å². The highest BCUT2D eigenvalue weighted by Gasteiger charge is 2.17. The van der Waals surface area contributed by atoms with E-state index in [4.69, 9.17) is 0 Å². The van der Waals surface area contributed by atoms with E-state index in [-0.39, 0.29) is 0 Å². The number of amidine groups is 1. The molecule has 2 nitrogen and oxygen atoms in total. The van der Waals surface area contributed by atoms with Gasteiger partial charge in [0.25, 0.3) is 0 Å². The molecular weight excluding hydrogens is 252 g/mol. The second kappa shape index (κ2) is 4.07. The average molecular weight is 266 g/mol. The van der Waals surface area contributed by atoms with Gasteiger partial charge in [0, 0.05) is 31.8 Å². The van der Waals surface area contributed by atoms with Gasteiger partial charge in [-0.25, -0.2) is 0 Å². The summed E-state index contributed by atoms with van der Waals surface area (Å²) >= 11 is 1.86. The minimum absolute atomic E-state index is 0.444. The molecule has 1 N–H and O–H groups in total. The topological polar surface area (TPSA) is 24.4 Å². The molecule has 0 bridgehead atoms. The number of hydrogen-bond donors (Lipinski definition) is 1. The van der Waals surface area contributed by atoms with E-state index >= 15 is 0 Å². The van der Waals surface area contributed by atoms with Crippen molar-refractivity contribution in [2.45, 2.75) is 13.0 Å². The van der Waals surface area contributed by atoms with E-state index < -0.39 is 0 Å². The lowest BCUT2D eigenvalue weighted by Gasteiger charge is -2.06. The number of fused-ring (bicyclic) bond motifs is 3. The van der Waals surface area contributed by atoms with Crippen molar-refractivity contribution in [3.05, 3.63) is 48.0 Å². The van der Waals surface area contributed by atoms with Crippen molar-refractivity contribution < 1.29 is 0 Å². The Hall–Kier alpha value is -1.87. The van der Waals surface area contributed by atoms with Crippen LogP contribution in [0, 0.1) is 0 Å². The van der Waals surface area contributed by atoms with Crippen LogP contribution in [0.15, 0.2) is 47.5 Å². The zero-order valence-electron chi connectivity index (χ0n) is 10.7. The summed E-state index contributed by atoms with van der Waals surface area (Å²) in [4.78, 5) is 4.62. The zero-order chi connectivity index (χ0) is 12.8. The van der Waals surface area contributed by atoms with Crippen molar-refractivity contribution in [3.8, 4) is 0 Å². The van der Waals surface area contributed by atoms with Crippen LogP contribution in [-0.2, 0) is 0 Å². The van der Waals surface area contributed by atoms with E-state index in [9.17, 15) is 0 Å². The number of thiophene rings is 1. The van der Waals surface area contributed by atoms with Gasteiger partial charge in [0.2, 0.25) is 0 Å². The fourth-order valence-corrected chi connectivity index (χ4v) is 3.87. The predicted molar refractivity (Wildman–Crippen MR) is 83.3 cm³/mol. The van der Waals surface area contributed by atoms with Crippen LogP contribution < -0.4 is 5.32 Å². The fourth-order valence-electron chi connectivity index (χ4n) is 2.65. The standard InChI is InChI=1S/C16H14N2S/c1-10-9-17-16(18-10)13-7-4-6-12-11-5-2-3-8-14(11)19-15(12)13/h2-8,10H,9H2,1H3,(H,17,18). The lowest BCUT2D eigenvalue weighted by molar-refractivity contribution is 0.726. The Morgan fingerprint density at radius 3 is 2.79 bits per heavy atom. The first-order valence-corrected chi connectivity index (χ1v) is 7.36. The van der Waals surface area contributed by atoms with Crippen molar-refractivity contribution in [2.75, 3.05) is 6.54 Å². The summed E-state index contributed by atoms with van der Waals surface area (Å²) in [5, 5.41) is 6.14. The number of nitrogens with one attached hydrogen (secondary N) is 1. The molecule has 0 amide bonds. The first-order chi connectivity index (χ1) is 9.33. The van der Waals surface area contributed by atoms with Crippen LogP contribution in [0.25, 0.3) is 20.2 Å². The molecule has 0 fully saturated rings. The third-order valence-corrected chi connectivity index (χ3v) is 4.79. The summed E-state index contributed by atoms with van der Waals surface area (Å²) in [5.41, 5.74) is 1.24. The van der Waals surface area contributed by atoms with Crippen LogP contribution >= 0.6 is 11.3 Å². The zero-order valence-corrected chi connectivity index (χ0v) is 11.5. The van der Waals surface area contributed by atoms with Crippen molar-refractivity contribution in [3.63, 3.8) is 0 Å². The largest absolute Gasteiger partial charge is 0.366 e. The van der Waals surface area contributed by atoms with Crippen LogP contribution in [0.1, 0.15) is 12.5 Å². The number of aliphatic imine (C=N–C) groups is 1. The Balaban J connectivity index is 2.02. The summed E-state index contributed by atoms with van der Waals surface area (Å²) in [6.45, 7) is 3.04. The Bertz CT molecular complexity index is 801. The minimum atomic E-state index is 0.444. The quantitative estimate of drug-likeness (QED) is 0.712. The molecule has 1 atom stereocenters. The predicted octanol–water partition coefficient (Wildman–Crippen LogP) is 3.79. The van der Waals surface area contributed by atoms with Gasteiger partial charge in [-0.1, -0.05) is 30.3 Å². The van der Waals surface area contributed by atoms with E-state index in [1.807, 2.05) is 11.3 Å². The molecule has 2 heterocycles. The van der Waals surface area contributed by atoms with Gasteiger partial charge >= 0.3 is 0 Å². The Kier molecular flexibility index (Phi) is 2.35. The van der Waals surface area contributed by atoms with E-state index in [1.54, 1.807) is 0 Å². The summed E-state index contributed by atoms with van der Waals surface area (Å²) < 4.78 is 2.68. The maximum absolute atomic E-state index is 4.62. The van der Waals surface area contributed by atoms with Crippen LogP contribution in [0.2, 0.25) is 0 Å². The van der Waals surface area contributed by atoms with Gasteiger partial charge in [0.1, 0.15) is 5.84 Å². The Labute approximate surface area is 115 Å². The number of nitrogens with zero attached hydrogens (tertiary/aromatic N) is 1. The summed E-state index contributed by atoms with van der Waals surface area (Å²) in [7, 11) is 0. The van der Waals surface area contributed by atoms with Crippen LogP contribution in [-0.4, -0.2) is 18.4 Å². The normalized spacial score (nSPS) is 18.8. The molecule has 1 aliphatic heterocycles. The highest BCUT2D eigenvalue weighted by Crippen LogP contribution is 2.35. The van der Waals surface area contributed by atoms with Gasteiger partial charge in [0.05, 0.1) is 6.54 Å². The molecule has 1 aromatic heterocycles. The third-order valence-electron chi connectivity index (χ3n) is 3.57. The molecule has 0 radical (unpaired) electrons. The highest BCUT2D eigenvalue weighted by molar-refractivity contribution is 7.26. The first-order valence-electron chi connectivity index (χ1n) is 6.54. The monoisotopic (exact) mass is 266 g/mol. The molecule has 4 rings (SSSR count). The summed E-state index contributed by atoms with van der Waals surface area (Å²) in [6.07, 6.45) is 0. The molecule has 19 heavy (non-hydrogen) atoms. The maximum atomic E-state index is 4.62. The summed E-state index contributed by atoms with van der Waals surface area (Å²) in [5.74, 6) is 1.05. The van der Waals surface area contributed by atoms with Gasteiger partial charge in [0.15, 0.2) is 0 Å². The maximum Gasteiger partial charge on any atom is 0.130 e. The van der Waals surface area contributed by atoms with Crippen LogP contribution in [0.5, 0.6) is 0 Å². The van der Waals surface area contributed by atoms with Crippen molar-refractivity contribution >= 4 is 37.3 Å². The van der Waals surface area contributed by atoms with Gasteiger partial charge in [-0.15, -0.1) is 11.3 Å². The van der Waals surface area contributed by atoms with Crippen LogP contribution in [0.3, 0.4) is 0 Å². The fraction of sp³-hybridized carbons (Fsp3) is 0.188.